The number of aromatic nitrogens is 1. The van der Waals surface area contributed by atoms with Crippen LogP contribution in [0.2, 0.25) is 0 Å². The first-order valence-electron chi connectivity index (χ1n) is 6.55. The molecule has 0 aliphatic heterocycles. The molecule has 1 aromatic heterocycles. The second-order valence-electron chi connectivity index (χ2n) is 4.75. The maximum atomic E-state index is 5.48. The third kappa shape index (κ3) is 2.65. The molecule has 0 N–H and O–H groups in total. The Morgan fingerprint density at radius 1 is 1.37 bits per heavy atom. The average molecular weight is 292 g/mol. The highest BCUT2D eigenvalue weighted by Crippen LogP contribution is 2.32. The lowest BCUT2D eigenvalue weighted by molar-refractivity contribution is 0.623. The van der Waals surface area contributed by atoms with E-state index in [0.717, 1.165) is 10.9 Å². The van der Waals surface area contributed by atoms with Gasteiger partial charge in [-0.2, -0.15) is 0 Å². The molecule has 0 fully saturated rings. The molecule has 4 heteroatoms. The summed E-state index contributed by atoms with van der Waals surface area (Å²) in [6.07, 6.45) is 4.26. The van der Waals surface area contributed by atoms with Crippen LogP contribution < -0.4 is 4.90 Å². The zero-order chi connectivity index (χ0) is 14.0. The lowest BCUT2D eigenvalue weighted by Gasteiger charge is -2.21. The van der Waals surface area contributed by atoms with E-state index in [1.807, 2.05) is 6.26 Å². The summed E-state index contributed by atoms with van der Waals surface area (Å²) in [4.78, 5) is 2.21. The van der Waals surface area contributed by atoms with Crippen molar-refractivity contribution in [2.24, 2.45) is 0 Å². The Balaban J connectivity index is 2.63. The molecule has 2 rings (SSSR count). The Hall–Kier alpha value is -1.00. The maximum Gasteiger partial charge on any atom is 0.140 e. The van der Waals surface area contributed by atoms with Gasteiger partial charge in [-0.1, -0.05) is 30.4 Å². The van der Waals surface area contributed by atoms with Crippen molar-refractivity contribution in [3.8, 4) is 0 Å². The Morgan fingerprint density at radius 2 is 2.05 bits per heavy atom. The van der Waals surface area contributed by atoms with Crippen molar-refractivity contribution in [1.29, 1.82) is 0 Å². The smallest absolute Gasteiger partial charge is 0.140 e. The maximum absolute atomic E-state index is 5.48. The summed E-state index contributed by atoms with van der Waals surface area (Å²) in [6.45, 7) is 7.45. The SMILES string of the molecule is CCN(C(=S)SC)c1cn(C(C)C)c2ccccc12. The van der Waals surface area contributed by atoms with Crippen molar-refractivity contribution >= 4 is 44.9 Å². The average Bonchev–Trinajstić information content (AvgIpc) is 2.79. The van der Waals surface area contributed by atoms with E-state index in [-0.39, 0.29) is 0 Å². The molecule has 0 bridgehead atoms. The number of hydrogen-bond donors (Lipinski definition) is 0. The minimum Gasteiger partial charge on any atom is -0.343 e. The van der Waals surface area contributed by atoms with Crippen LogP contribution in [-0.4, -0.2) is 21.7 Å². The van der Waals surface area contributed by atoms with Crippen molar-refractivity contribution in [2.45, 2.75) is 26.8 Å². The van der Waals surface area contributed by atoms with Gasteiger partial charge in [0, 0.05) is 24.2 Å². The zero-order valence-corrected chi connectivity index (χ0v) is 13.5. The van der Waals surface area contributed by atoms with Gasteiger partial charge in [-0.3, -0.25) is 0 Å². The number of hydrogen-bond acceptors (Lipinski definition) is 2. The molecule has 102 valence electrons. The van der Waals surface area contributed by atoms with E-state index in [1.54, 1.807) is 11.8 Å². The molecule has 0 spiro atoms. The van der Waals surface area contributed by atoms with Crippen molar-refractivity contribution in [2.75, 3.05) is 17.7 Å². The summed E-state index contributed by atoms with van der Waals surface area (Å²) in [5, 5.41) is 1.27. The fourth-order valence-corrected chi connectivity index (χ4v) is 3.01. The van der Waals surface area contributed by atoms with E-state index >= 15 is 0 Å². The van der Waals surface area contributed by atoms with Crippen molar-refractivity contribution < 1.29 is 0 Å². The summed E-state index contributed by atoms with van der Waals surface area (Å²) >= 11 is 7.10. The van der Waals surface area contributed by atoms with E-state index in [1.165, 1.54) is 16.6 Å². The Labute approximate surface area is 124 Å². The summed E-state index contributed by atoms with van der Waals surface area (Å²) in [6, 6.07) is 8.98. The van der Waals surface area contributed by atoms with Crippen LogP contribution in [-0.2, 0) is 0 Å². The highest BCUT2D eigenvalue weighted by Gasteiger charge is 2.17. The number of thiocarbonyl (C=S) groups is 1. The summed E-state index contributed by atoms with van der Waals surface area (Å²) in [5.74, 6) is 0. The van der Waals surface area contributed by atoms with Crippen LogP contribution in [0, 0.1) is 0 Å². The van der Waals surface area contributed by atoms with Gasteiger partial charge in [-0.05, 0) is 33.1 Å². The first kappa shape index (κ1) is 14.4. The number of nitrogens with zero attached hydrogens (tertiary/aromatic N) is 2. The van der Waals surface area contributed by atoms with Crippen LogP contribution in [0.25, 0.3) is 10.9 Å². The standard InChI is InChI=1S/C15H20N2S2/c1-5-16(15(18)19-4)14-10-17(11(2)3)13-9-7-6-8-12(13)14/h6-11H,5H2,1-4H3. The Morgan fingerprint density at radius 3 is 2.63 bits per heavy atom. The van der Waals surface area contributed by atoms with Gasteiger partial charge in [-0.25, -0.2) is 0 Å². The van der Waals surface area contributed by atoms with Crippen LogP contribution >= 0.6 is 24.0 Å². The second-order valence-corrected chi connectivity index (χ2v) is 6.19. The van der Waals surface area contributed by atoms with Gasteiger partial charge in [0.1, 0.15) is 4.32 Å². The van der Waals surface area contributed by atoms with Gasteiger partial charge in [0.05, 0.1) is 11.2 Å². The number of thioether (sulfide) groups is 1. The number of rotatable bonds is 3. The molecule has 1 aromatic carbocycles. The van der Waals surface area contributed by atoms with E-state index in [2.05, 4.69) is 60.7 Å². The van der Waals surface area contributed by atoms with Gasteiger partial charge >= 0.3 is 0 Å². The van der Waals surface area contributed by atoms with Gasteiger partial charge in [0.15, 0.2) is 0 Å². The number of anilines is 1. The molecule has 0 saturated carbocycles. The van der Waals surface area contributed by atoms with E-state index in [9.17, 15) is 0 Å². The topological polar surface area (TPSA) is 8.17 Å². The first-order chi connectivity index (χ1) is 9.10. The monoisotopic (exact) mass is 292 g/mol. The molecule has 0 aliphatic rings. The molecule has 2 aromatic rings. The molecule has 2 nitrogen and oxygen atoms in total. The fraction of sp³-hybridized carbons (Fsp3) is 0.400. The van der Waals surface area contributed by atoms with Gasteiger partial charge in [0.25, 0.3) is 0 Å². The molecular formula is C15H20N2S2. The minimum absolute atomic E-state index is 0.445. The van der Waals surface area contributed by atoms with Gasteiger partial charge in [0.2, 0.25) is 0 Å². The summed E-state index contributed by atoms with van der Waals surface area (Å²) < 4.78 is 3.24. The molecule has 0 radical (unpaired) electrons. The predicted molar refractivity (Wildman–Crippen MR) is 91.5 cm³/mol. The normalized spacial score (nSPS) is 11.2. The van der Waals surface area contributed by atoms with Crippen LogP contribution in [0.15, 0.2) is 30.5 Å². The van der Waals surface area contributed by atoms with Crippen molar-refractivity contribution in [3.05, 3.63) is 30.5 Å². The Kier molecular flexibility index (Phi) is 4.53. The minimum atomic E-state index is 0.445. The lowest BCUT2D eigenvalue weighted by Crippen LogP contribution is -2.26. The first-order valence-corrected chi connectivity index (χ1v) is 8.18. The number of fused-ring (bicyclic) bond motifs is 1. The highest BCUT2D eigenvalue weighted by atomic mass is 32.2. The molecular weight excluding hydrogens is 272 g/mol. The zero-order valence-electron chi connectivity index (χ0n) is 11.9. The van der Waals surface area contributed by atoms with Crippen LogP contribution in [0.3, 0.4) is 0 Å². The number of benzene rings is 1. The molecule has 1 heterocycles. The molecule has 19 heavy (non-hydrogen) atoms. The lowest BCUT2D eigenvalue weighted by atomic mass is 10.2. The molecule has 0 aliphatic carbocycles. The van der Waals surface area contributed by atoms with Gasteiger partial charge < -0.3 is 9.47 Å². The van der Waals surface area contributed by atoms with Crippen molar-refractivity contribution in [1.82, 2.24) is 4.57 Å². The molecule has 0 amide bonds. The third-order valence-corrected chi connectivity index (χ3v) is 4.57. The Bertz CT molecular complexity index is 587. The van der Waals surface area contributed by atoms with Crippen molar-refractivity contribution in [3.63, 3.8) is 0 Å². The van der Waals surface area contributed by atoms with Crippen LogP contribution in [0.4, 0.5) is 5.69 Å². The summed E-state index contributed by atoms with van der Waals surface area (Å²) in [7, 11) is 0. The second kappa shape index (κ2) is 5.97. The van der Waals surface area contributed by atoms with Crippen LogP contribution in [0.1, 0.15) is 26.8 Å². The van der Waals surface area contributed by atoms with Crippen LogP contribution in [0.5, 0.6) is 0 Å². The third-order valence-electron chi connectivity index (χ3n) is 3.28. The summed E-state index contributed by atoms with van der Waals surface area (Å²) in [5.41, 5.74) is 2.49. The molecule has 0 saturated heterocycles. The largest absolute Gasteiger partial charge is 0.343 e. The molecule has 0 atom stereocenters. The molecule has 0 unspecified atom stereocenters. The number of para-hydroxylation sites is 1. The van der Waals surface area contributed by atoms with E-state index in [0.29, 0.717) is 6.04 Å². The van der Waals surface area contributed by atoms with E-state index < -0.39 is 0 Å². The highest BCUT2D eigenvalue weighted by molar-refractivity contribution is 8.22. The fourth-order valence-electron chi connectivity index (χ4n) is 2.34. The van der Waals surface area contributed by atoms with Gasteiger partial charge in [-0.15, -0.1) is 11.8 Å². The van der Waals surface area contributed by atoms with E-state index in [4.69, 9.17) is 12.2 Å². The quantitative estimate of drug-likeness (QED) is 0.758. The predicted octanol–water partition coefficient (Wildman–Crippen LogP) is 4.70.